The van der Waals surface area contributed by atoms with E-state index in [4.69, 9.17) is 9.47 Å². The number of pyridine rings is 1. The third kappa shape index (κ3) is 5.41. The molecule has 2 aromatic rings. The van der Waals surface area contributed by atoms with Crippen molar-refractivity contribution in [2.24, 2.45) is 5.92 Å². The van der Waals surface area contributed by atoms with Crippen LogP contribution in [0.2, 0.25) is 0 Å². The molecule has 0 aliphatic carbocycles. The van der Waals surface area contributed by atoms with Gasteiger partial charge < -0.3 is 19.7 Å². The zero-order valence-corrected chi connectivity index (χ0v) is 19.5. The first-order valence-electron chi connectivity index (χ1n) is 10.8. The first kappa shape index (κ1) is 23.4. The normalized spacial score (nSPS) is 19.5. The number of aromatic nitrogens is 1. The molecule has 0 radical (unpaired) electrons. The van der Waals surface area contributed by atoms with Crippen LogP contribution in [0, 0.1) is 17.2 Å². The van der Waals surface area contributed by atoms with Crippen LogP contribution in [0.15, 0.2) is 65.2 Å². The SMILES string of the molecule is COc1ccccc1/C=C/C(=O)NC1SC2=C(CCN(C(=O)OCc3ccccn3)C2)C1C#N. The van der Waals surface area contributed by atoms with Gasteiger partial charge in [-0.3, -0.25) is 9.78 Å². The number of ether oxygens (including phenoxy) is 2. The van der Waals surface area contributed by atoms with Crippen molar-refractivity contribution in [3.63, 3.8) is 0 Å². The first-order valence-corrected chi connectivity index (χ1v) is 11.7. The van der Waals surface area contributed by atoms with E-state index in [1.54, 1.807) is 36.4 Å². The second-order valence-electron chi connectivity index (χ2n) is 7.72. The number of nitriles is 1. The molecule has 2 aliphatic heterocycles. The number of para-hydroxylation sites is 1. The molecule has 3 heterocycles. The molecule has 8 nitrogen and oxygen atoms in total. The Hall–Kier alpha value is -3.77. The summed E-state index contributed by atoms with van der Waals surface area (Å²) in [6, 6.07) is 15.2. The molecular formula is C25H24N4O4S. The number of hydrogen-bond donors (Lipinski definition) is 1. The molecule has 174 valence electrons. The summed E-state index contributed by atoms with van der Waals surface area (Å²) in [6.45, 7) is 0.933. The Kier molecular flexibility index (Phi) is 7.50. The Morgan fingerprint density at radius 2 is 2.12 bits per heavy atom. The molecule has 2 atom stereocenters. The predicted octanol–water partition coefficient (Wildman–Crippen LogP) is 3.73. The van der Waals surface area contributed by atoms with Gasteiger partial charge in [-0.2, -0.15) is 5.26 Å². The van der Waals surface area contributed by atoms with Gasteiger partial charge in [0.25, 0.3) is 0 Å². The average Bonchev–Trinajstić information content (AvgIpc) is 3.22. The summed E-state index contributed by atoms with van der Waals surface area (Å²) in [4.78, 5) is 31.8. The number of thioether (sulfide) groups is 1. The van der Waals surface area contributed by atoms with Crippen molar-refractivity contribution in [2.45, 2.75) is 18.4 Å². The van der Waals surface area contributed by atoms with Gasteiger partial charge in [-0.25, -0.2) is 4.79 Å². The zero-order valence-electron chi connectivity index (χ0n) is 18.6. The highest BCUT2D eigenvalue weighted by atomic mass is 32.2. The quantitative estimate of drug-likeness (QED) is 0.634. The second-order valence-corrected chi connectivity index (χ2v) is 8.96. The summed E-state index contributed by atoms with van der Waals surface area (Å²) in [5, 5.41) is 12.3. The van der Waals surface area contributed by atoms with E-state index in [0.717, 1.165) is 16.0 Å². The maximum atomic E-state index is 12.6. The molecule has 0 bridgehead atoms. The number of methoxy groups -OCH3 is 1. The number of nitrogens with zero attached hydrogens (tertiary/aromatic N) is 3. The Morgan fingerprint density at radius 1 is 1.29 bits per heavy atom. The van der Waals surface area contributed by atoms with Crippen molar-refractivity contribution in [1.29, 1.82) is 5.26 Å². The van der Waals surface area contributed by atoms with E-state index in [9.17, 15) is 14.9 Å². The molecule has 34 heavy (non-hydrogen) atoms. The van der Waals surface area contributed by atoms with E-state index in [-0.39, 0.29) is 12.5 Å². The lowest BCUT2D eigenvalue weighted by atomic mass is 9.94. The zero-order chi connectivity index (χ0) is 23.9. The number of rotatable bonds is 6. The summed E-state index contributed by atoms with van der Waals surface area (Å²) in [7, 11) is 1.58. The maximum absolute atomic E-state index is 12.6. The number of carbonyl (C=O) groups excluding carboxylic acids is 2. The van der Waals surface area contributed by atoms with Gasteiger partial charge in [-0.15, -0.1) is 11.8 Å². The first-order chi connectivity index (χ1) is 16.6. The molecule has 9 heteroatoms. The summed E-state index contributed by atoms with van der Waals surface area (Å²) >= 11 is 1.43. The van der Waals surface area contributed by atoms with Crippen LogP contribution in [0.25, 0.3) is 6.08 Å². The smallest absolute Gasteiger partial charge is 0.410 e. The highest BCUT2D eigenvalue weighted by molar-refractivity contribution is 8.04. The number of benzene rings is 1. The summed E-state index contributed by atoms with van der Waals surface area (Å²) in [5.41, 5.74) is 2.45. The molecule has 0 fully saturated rings. The Labute approximate surface area is 202 Å². The van der Waals surface area contributed by atoms with Gasteiger partial charge in [0.15, 0.2) is 0 Å². The second kappa shape index (κ2) is 10.9. The topological polar surface area (TPSA) is 105 Å². The van der Waals surface area contributed by atoms with Crippen molar-refractivity contribution in [2.75, 3.05) is 20.2 Å². The Bertz CT molecular complexity index is 1160. The fourth-order valence-electron chi connectivity index (χ4n) is 3.88. The molecule has 2 aliphatic rings. The van der Waals surface area contributed by atoms with Crippen LogP contribution < -0.4 is 10.1 Å². The number of nitrogens with one attached hydrogen (secondary N) is 1. The van der Waals surface area contributed by atoms with E-state index in [1.807, 2.05) is 30.3 Å². The molecule has 2 amide bonds. The van der Waals surface area contributed by atoms with Crippen molar-refractivity contribution < 1.29 is 19.1 Å². The van der Waals surface area contributed by atoms with Gasteiger partial charge in [0, 0.05) is 29.3 Å². The molecule has 1 aromatic heterocycles. The summed E-state index contributed by atoms with van der Waals surface area (Å²) in [6.07, 6.45) is 4.92. The molecule has 1 aromatic carbocycles. The minimum atomic E-state index is -0.435. The molecule has 4 rings (SSSR count). The summed E-state index contributed by atoms with van der Waals surface area (Å²) < 4.78 is 10.7. The fourth-order valence-corrected chi connectivity index (χ4v) is 5.33. The number of carbonyl (C=O) groups is 2. The lowest BCUT2D eigenvalue weighted by molar-refractivity contribution is -0.116. The fraction of sp³-hybridized carbons (Fsp3) is 0.280. The third-order valence-corrected chi connectivity index (χ3v) is 6.92. The Balaban J connectivity index is 1.34. The molecular weight excluding hydrogens is 452 g/mol. The molecule has 2 unspecified atom stereocenters. The van der Waals surface area contributed by atoms with Crippen LogP contribution in [0.5, 0.6) is 5.75 Å². The van der Waals surface area contributed by atoms with Crippen molar-refractivity contribution in [3.8, 4) is 11.8 Å². The van der Waals surface area contributed by atoms with Crippen molar-refractivity contribution >= 4 is 29.8 Å². The van der Waals surface area contributed by atoms with Gasteiger partial charge in [0.05, 0.1) is 36.7 Å². The van der Waals surface area contributed by atoms with Gasteiger partial charge >= 0.3 is 6.09 Å². The minimum absolute atomic E-state index is 0.104. The van der Waals surface area contributed by atoms with Gasteiger partial charge in [-0.1, -0.05) is 24.3 Å². The van der Waals surface area contributed by atoms with E-state index < -0.39 is 17.4 Å². The van der Waals surface area contributed by atoms with Crippen LogP contribution in [-0.4, -0.2) is 47.5 Å². The largest absolute Gasteiger partial charge is 0.496 e. The lowest BCUT2D eigenvalue weighted by Gasteiger charge is -2.27. The van der Waals surface area contributed by atoms with Crippen molar-refractivity contribution in [3.05, 3.63) is 76.5 Å². The van der Waals surface area contributed by atoms with E-state index >= 15 is 0 Å². The number of amides is 2. The van der Waals surface area contributed by atoms with Crippen LogP contribution in [-0.2, 0) is 16.1 Å². The summed E-state index contributed by atoms with van der Waals surface area (Å²) in [5.74, 6) is -0.0609. The van der Waals surface area contributed by atoms with E-state index in [1.165, 1.54) is 17.8 Å². The lowest BCUT2D eigenvalue weighted by Crippen LogP contribution is -2.37. The monoisotopic (exact) mass is 476 g/mol. The maximum Gasteiger partial charge on any atom is 0.410 e. The molecule has 0 saturated heterocycles. The van der Waals surface area contributed by atoms with Gasteiger partial charge in [0.2, 0.25) is 5.91 Å². The van der Waals surface area contributed by atoms with Gasteiger partial charge in [0.1, 0.15) is 12.4 Å². The minimum Gasteiger partial charge on any atom is -0.496 e. The van der Waals surface area contributed by atoms with Crippen LogP contribution in [0.1, 0.15) is 17.7 Å². The van der Waals surface area contributed by atoms with Crippen LogP contribution in [0.3, 0.4) is 0 Å². The van der Waals surface area contributed by atoms with Gasteiger partial charge in [-0.05, 0) is 36.3 Å². The standard InChI is InChI=1S/C25H24N4O4S/c1-32-21-8-3-2-6-17(21)9-10-23(30)28-24-20(14-26)19-11-13-29(15-22(19)34-24)25(31)33-16-18-7-4-5-12-27-18/h2-10,12,20,24H,11,13,15-16H2,1H3,(H,28,30)/b10-9+. The number of hydrogen-bond acceptors (Lipinski definition) is 7. The van der Waals surface area contributed by atoms with E-state index in [2.05, 4.69) is 16.4 Å². The highest BCUT2D eigenvalue weighted by Crippen LogP contribution is 2.44. The molecule has 0 spiro atoms. The van der Waals surface area contributed by atoms with E-state index in [0.29, 0.717) is 31.0 Å². The molecule has 0 saturated carbocycles. The van der Waals surface area contributed by atoms with Crippen LogP contribution >= 0.6 is 11.8 Å². The highest BCUT2D eigenvalue weighted by Gasteiger charge is 2.40. The molecule has 1 N–H and O–H groups in total. The van der Waals surface area contributed by atoms with Crippen LogP contribution in [0.4, 0.5) is 4.79 Å². The predicted molar refractivity (Wildman–Crippen MR) is 128 cm³/mol. The van der Waals surface area contributed by atoms with Crippen molar-refractivity contribution in [1.82, 2.24) is 15.2 Å². The third-order valence-electron chi connectivity index (χ3n) is 5.60. The average molecular weight is 477 g/mol. The Morgan fingerprint density at radius 3 is 2.88 bits per heavy atom.